The van der Waals surface area contributed by atoms with Crippen LogP contribution < -0.4 is 15.4 Å². The summed E-state index contributed by atoms with van der Waals surface area (Å²) in [7, 11) is 1.70. The van der Waals surface area contributed by atoms with Gasteiger partial charge < -0.3 is 15.4 Å². The van der Waals surface area contributed by atoms with Gasteiger partial charge in [0.25, 0.3) is 5.91 Å². The summed E-state index contributed by atoms with van der Waals surface area (Å²) < 4.78 is 41.4. The highest BCUT2D eigenvalue weighted by molar-refractivity contribution is 5.94. The van der Waals surface area contributed by atoms with E-state index in [0.717, 1.165) is 0 Å². The summed E-state index contributed by atoms with van der Waals surface area (Å²) in [6, 6.07) is 4.70. The second-order valence-electron chi connectivity index (χ2n) is 4.75. The first-order chi connectivity index (χ1) is 11.4. The van der Waals surface area contributed by atoms with Gasteiger partial charge in [0.05, 0.1) is 11.8 Å². The lowest BCUT2D eigenvalue weighted by molar-refractivity contribution is -0.153. The lowest BCUT2D eigenvalue weighted by atomic mass is 10.2. The summed E-state index contributed by atoms with van der Waals surface area (Å²) in [5.41, 5.74) is 0.725. The smallest absolute Gasteiger partial charge is 0.422 e. The molecule has 1 amide bonds. The maximum Gasteiger partial charge on any atom is 0.422 e. The molecule has 0 unspecified atom stereocenters. The number of halogens is 3. The Morgan fingerprint density at radius 2 is 2.04 bits per heavy atom. The fourth-order valence-corrected chi connectivity index (χ4v) is 1.80. The van der Waals surface area contributed by atoms with E-state index in [4.69, 9.17) is 4.74 Å². The fourth-order valence-electron chi connectivity index (χ4n) is 1.80. The zero-order valence-corrected chi connectivity index (χ0v) is 12.7. The standard InChI is InChI=1S/C15H15F3N4O2/c1-19-13-3-2-11(7-21-13)14(23)22-6-10-4-5-20-8-12(10)24-9-15(16,17)18/h2-5,7-8H,6,9H2,1H3,(H,19,21)(H,22,23). The third-order valence-electron chi connectivity index (χ3n) is 2.98. The number of hydrogen-bond acceptors (Lipinski definition) is 5. The quantitative estimate of drug-likeness (QED) is 0.844. The van der Waals surface area contributed by atoms with E-state index in [1.54, 1.807) is 19.2 Å². The monoisotopic (exact) mass is 340 g/mol. The molecule has 2 aromatic rings. The van der Waals surface area contributed by atoms with Crippen molar-refractivity contribution in [3.05, 3.63) is 47.9 Å². The minimum atomic E-state index is -4.45. The number of pyridine rings is 2. The summed E-state index contributed by atoms with van der Waals surface area (Å²) >= 11 is 0. The number of aromatic nitrogens is 2. The highest BCUT2D eigenvalue weighted by atomic mass is 19.4. The summed E-state index contributed by atoms with van der Waals surface area (Å²) in [4.78, 5) is 19.8. The average molecular weight is 340 g/mol. The molecular weight excluding hydrogens is 325 g/mol. The Bertz CT molecular complexity index is 690. The van der Waals surface area contributed by atoms with Crippen molar-refractivity contribution in [1.82, 2.24) is 15.3 Å². The van der Waals surface area contributed by atoms with Crippen molar-refractivity contribution in [2.24, 2.45) is 0 Å². The molecule has 24 heavy (non-hydrogen) atoms. The molecule has 2 heterocycles. The number of carbonyl (C=O) groups is 1. The van der Waals surface area contributed by atoms with Crippen LogP contribution in [0.3, 0.4) is 0 Å². The van der Waals surface area contributed by atoms with E-state index in [0.29, 0.717) is 16.9 Å². The number of nitrogens with zero attached hydrogens (tertiary/aromatic N) is 2. The van der Waals surface area contributed by atoms with Gasteiger partial charge in [0.1, 0.15) is 11.6 Å². The van der Waals surface area contributed by atoms with Gasteiger partial charge in [0, 0.05) is 31.5 Å². The van der Waals surface area contributed by atoms with Gasteiger partial charge in [-0.1, -0.05) is 0 Å². The minimum Gasteiger partial charge on any atom is -0.482 e. The second-order valence-corrected chi connectivity index (χ2v) is 4.75. The van der Waals surface area contributed by atoms with Gasteiger partial charge in [-0.15, -0.1) is 0 Å². The predicted octanol–water partition coefficient (Wildman–Crippen LogP) is 2.39. The molecule has 0 radical (unpaired) electrons. The highest BCUT2D eigenvalue weighted by Gasteiger charge is 2.28. The molecule has 0 saturated heterocycles. The number of anilines is 1. The van der Waals surface area contributed by atoms with Crippen LogP contribution in [0.4, 0.5) is 19.0 Å². The Balaban J connectivity index is 1.99. The third kappa shape index (κ3) is 5.11. The molecule has 0 aromatic carbocycles. The van der Waals surface area contributed by atoms with Crippen LogP contribution >= 0.6 is 0 Å². The summed E-state index contributed by atoms with van der Waals surface area (Å²) in [5.74, 6) is 0.186. The topological polar surface area (TPSA) is 76.1 Å². The Hall–Kier alpha value is -2.84. The van der Waals surface area contributed by atoms with E-state index in [9.17, 15) is 18.0 Å². The van der Waals surface area contributed by atoms with Crippen molar-refractivity contribution in [2.75, 3.05) is 19.0 Å². The van der Waals surface area contributed by atoms with Gasteiger partial charge in [-0.2, -0.15) is 13.2 Å². The Labute approximate surface area is 136 Å². The van der Waals surface area contributed by atoms with Crippen LogP contribution in [-0.4, -0.2) is 35.7 Å². The molecule has 0 aliphatic rings. The Morgan fingerprint density at radius 3 is 2.67 bits per heavy atom. The van der Waals surface area contributed by atoms with Gasteiger partial charge in [0.15, 0.2) is 6.61 Å². The summed E-state index contributed by atoms with van der Waals surface area (Å²) in [5, 5.41) is 5.43. The third-order valence-corrected chi connectivity index (χ3v) is 2.98. The molecule has 9 heteroatoms. The van der Waals surface area contributed by atoms with Crippen LogP contribution in [0.5, 0.6) is 5.75 Å². The van der Waals surface area contributed by atoms with Gasteiger partial charge in [-0.3, -0.25) is 9.78 Å². The lowest BCUT2D eigenvalue weighted by Gasteiger charge is -2.13. The van der Waals surface area contributed by atoms with Crippen molar-refractivity contribution in [2.45, 2.75) is 12.7 Å². The fraction of sp³-hybridized carbons (Fsp3) is 0.267. The Morgan fingerprint density at radius 1 is 1.25 bits per heavy atom. The van der Waals surface area contributed by atoms with Crippen LogP contribution in [0.15, 0.2) is 36.8 Å². The first-order valence-corrected chi connectivity index (χ1v) is 6.93. The normalized spacial score (nSPS) is 11.0. The van der Waals surface area contributed by atoms with Crippen molar-refractivity contribution in [3.8, 4) is 5.75 Å². The molecule has 0 aliphatic heterocycles. The number of carbonyl (C=O) groups excluding carboxylic acids is 1. The average Bonchev–Trinajstić information content (AvgIpc) is 2.58. The van der Waals surface area contributed by atoms with E-state index in [1.807, 2.05) is 0 Å². The number of ether oxygens (including phenoxy) is 1. The molecule has 2 rings (SSSR count). The molecule has 128 valence electrons. The van der Waals surface area contributed by atoms with Crippen LogP contribution in [-0.2, 0) is 6.54 Å². The van der Waals surface area contributed by atoms with E-state index < -0.39 is 18.7 Å². The first kappa shape index (κ1) is 17.5. The molecule has 0 spiro atoms. The minimum absolute atomic E-state index is 0.00230. The van der Waals surface area contributed by atoms with Crippen LogP contribution in [0.1, 0.15) is 15.9 Å². The summed E-state index contributed by atoms with van der Waals surface area (Å²) in [6.45, 7) is -1.42. The molecular formula is C15H15F3N4O2. The number of rotatable bonds is 6. The molecule has 2 aromatic heterocycles. The highest BCUT2D eigenvalue weighted by Crippen LogP contribution is 2.21. The maximum atomic E-state index is 12.2. The van der Waals surface area contributed by atoms with E-state index >= 15 is 0 Å². The van der Waals surface area contributed by atoms with Crippen molar-refractivity contribution < 1.29 is 22.7 Å². The molecule has 6 nitrogen and oxygen atoms in total. The van der Waals surface area contributed by atoms with Crippen molar-refractivity contribution in [3.63, 3.8) is 0 Å². The largest absolute Gasteiger partial charge is 0.482 e. The van der Waals surface area contributed by atoms with Crippen molar-refractivity contribution >= 4 is 11.7 Å². The zero-order chi connectivity index (χ0) is 17.6. The molecule has 0 aliphatic carbocycles. The maximum absolute atomic E-state index is 12.2. The summed E-state index contributed by atoms with van der Waals surface area (Å²) in [6.07, 6.45) is -0.465. The molecule has 2 N–H and O–H groups in total. The van der Waals surface area contributed by atoms with Crippen LogP contribution in [0, 0.1) is 0 Å². The number of amides is 1. The van der Waals surface area contributed by atoms with Crippen LogP contribution in [0.2, 0.25) is 0 Å². The van der Waals surface area contributed by atoms with Crippen LogP contribution in [0.25, 0.3) is 0 Å². The Kier molecular flexibility index (Phi) is 5.56. The lowest BCUT2D eigenvalue weighted by Crippen LogP contribution is -2.24. The predicted molar refractivity (Wildman–Crippen MR) is 80.7 cm³/mol. The number of nitrogens with one attached hydrogen (secondary N) is 2. The van der Waals surface area contributed by atoms with Gasteiger partial charge in [0.2, 0.25) is 0 Å². The van der Waals surface area contributed by atoms with Gasteiger partial charge in [-0.25, -0.2) is 4.98 Å². The van der Waals surface area contributed by atoms with E-state index in [1.165, 1.54) is 24.7 Å². The van der Waals surface area contributed by atoms with E-state index in [2.05, 4.69) is 20.6 Å². The molecule has 0 fully saturated rings. The van der Waals surface area contributed by atoms with Gasteiger partial charge in [-0.05, 0) is 18.2 Å². The van der Waals surface area contributed by atoms with E-state index in [-0.39, 0.29) is 12.3 Å². The zero-order valence-electron chi connectivity index (χ0n) is 12.7. The van der Waals surface area contributed by atoms with Gasteiger partial charge >= 0.3 is 6.18 Å². The number of alkyl halides is 3. The molecule has 0 bridgehead atoms. The second kappa shape index (κ2) is 7.62. The van der Waals surface area contributed by atoms with Crippen molar-refractivity contribution in [1.29, 1.82) is 0 Å². The molecule has 0 saturated carbocycles. The first-order valence-electron chi connectivity index (χ1n) is 6.93. The SMILES string of the molecule is CNc1ccc(C(=O)NCc2ccncc2OCC(F)(F)F)cn1. The number of hydrogen-bond donors (Lipinski definition) is 2. The molecule has 0 atom stereocenters.